The maximum Gasteiger partial charge on any atom is 0.246 e. The molecule has 1 unspecified atom stereocenters. The molecule has 0 spiro atoms. The molecule has 4 heteroatoms. The average Bonchev–Trinajstić information content (AvgIpc) is 2.81. The molecule has 1 fully saturated rings. The number of rotatable bonds is 5. The molecule has 3 aromatic rings. The highest BCUT2D eigenvalue weighted by atomic mass is 35.5. The molecule has 3 aromatic carbocycles. The van der Waals surface area contributed by atoms with E-state index in [0.717, 1.165) is 23.7 Å². The number of piperazine rings is 1. The third-order valence-electron chi connectivity index (χ3n) is 5.79. The van der Waals surface area contributed by atoms with Gasteiger partial charge in [-0.05, 0) is 41.8 Å². The fraction of sp³-hybridized carbons (Fsp3) is 0.222. The van der Waals surface area contributed by atoms with Gasteiger partial charge in [0.1, 0.15) is 0 Å². The molecule has 158 valence electrons. The molecule has 0 radical (unpaired) electrons. The van der Waals surface area contributed by atoms with Gasteiger partial charge in [0.05, 0.1) is 6.04 Å². The topological polar surface area (TPSA) is 23.6 Å². The summed E-state index contributed by atoms with van der Waals surface area (Å²) in [4.78, 5) is 17.1. The Morgan fingerprint density at radius 3 is 2.10 bits per heavy atom. The number of nitrogens with zero attached hydrogens (tertiary/aromatic N) is 2. The number of amides is 1. The van der Waals surface area contributed by atoms with E-state index in [-0.39, 0.29) is 11.9 Å². The van der Waals surface area contributed by atoms with Crippen LogP contribution in [0.15, 0.2) is 84.9 Å². The van der Waals surface area contributed by atoms with Crippen molar-refractivity contribution in [1.29, 1.82) is 0 Å². The van der Waals surface area contributed by atoms with E-state index >= 15 is 0 Å². The lowest BCUT2D eigenvalue weighted by Gasteiger charge is -2.39. The van der Waals surface area contributed by atoms with Crippen molar-refractivity contribution >= 4 is 23.6 Å². The minimum atomic E-state index is 0.0722. The van der Waals surface area contributed by atoms with Gasteiger partial charge in [0, 0.05) is 37.3 Å². The minimum absolute atomic E-state index is 0.0722. The number of halogens is 1. The molecule has 1 amide bonds. The molecule has 31 heavy (non-hydrogen) atoms. The first-order chi connectivity index (χ1) is 15.1. The van der Waals surface area contributed by atoms with E-state index in [2.05, 4.69) is 60.4 Å². The molecular formula is C27H27ClN2O. The van der Waals surface area contributed by atoms with Crippen molar-refractivity contribution in [2.24, 2.45) is 0 Å². The summed E-state index contributed by atoms with van der Waals surface area (Å²) in [7, 11) is 0. The minimum Gasteiger partial charge on any atom is -0.337 e. The number of benzene rings is 3. The lowest BCUT2D eigenvalue weighted by molar-refractivity contribution is -0.127. The molecular weight excluding hydrogens is 404 g/mol. The SMILES string of the molecule is Cc1ccc(/C=C/C(=O)N2CCN(C(c3ccccc3)c3ccc(Cl)cc3)CC2)cc1. The van der Waals surface area contributed by atoms with E-state index < -0.39 is 0 Å². The van der Waals surface area contributed by atoms with Crippen LogP contribution in [0.4, 0.5) is 0 Å². The van der Waals surface area contributed by atoms with Gasteiger partial charge in [-0.1, -0.05) is 83.9 Å². The zero-order valence-corrected chi connectivity index (χ0v) is 18.5. The van der Waals surface area contributed by atoms with Crippen molar-refractivity contribution in [2.75, 3.05) is 26.2 Å². The van der Waals surface area contributed by atoms with Crippen molar-refractivity contribution in [2.45, 2.75) is 13.0 Å². The fourth-order valence-corrected chi connectivity index (χ4v) is 4.17. The van der Waals surface area contributed by atoms with Crippen LogP contribution in [-0.4, -0.2) is 41.9 Å². The lowest BCUT2D eigenvalue weighted by atomic mass is 9.96. The lowest BCUT2D eigenvalue weighted by Crippen LogP contribution is -2.49. The summed E-state index contributed by atoms with van der Waals surface area (Å²) < 4.78 is 0. The highest BCUT2D eigenvalue weighted by molar-refractivity contribution is 6.30. The third-order valence-corrected chi connectivity index (χ3v) is 6.04. The maximum atomic E-state index is 12.7. The van der Waals surface area contributed by atoms with E-state index in [1.54, 1.807) is 6.08 Å². The zero-order valence-electron chi connectivity index (χ0n) is 17.7. The van der Waals surface area contributed by atoms with Crippen LogP contribution in [0.1, 0.15) is 28.3 Å². The fourth-order valence-electron chi connectivity index (χ4n) is 4.05. The number of hydrogen-bond donors (Lipinski definition) is 0. The predicted octanol–water partition coefficient (Wildman–Crippen LogP) is 5.60. The Morgan fingerprint density at radius 2 is 1.45 bits per heavy atom. The van der Waals surface area contributed by atoms with E-state index in [9.17, 15) is 4.79 Å². The average molecular weight is 431 g/mol. The molecule has 0 aliphatic carbocycles. The molecule has 3 nitrogen and oxygen atoms in total. The molecule has 1 atom stereocenters. The van der Waals surface area contributed by atoms with Crippen LogP contribution in [0.5, 0.6) is 0 Å². The molecule has 0 bridgehead atoms. The first-order valence-corrected chi connectivity index (χ1v) is 11.1. The van der Waals surface area contributed by atoms with Gasteiger partial charge in [0.2, 0.25) is 5.91 Å². The summed E-state index contributed by atoms with van der Waals surface area (Å²) in [5.74, 6) is 0.0722. The van der Waals surface area contributed by atoms with Gasteiger partial charge in [-0.15, -0.1) is 0 Å². The van der Waals surface area contributed by atoms with Crippen LogP contribution in [0.2, 0.25) is 5.02 Å². The second kappa shape index (κ2) is 9.95. The van der Waals surface area contributed by atoms with E-state index in [1.165, 1.54) is 16.7 Å². The van der Waals surface area contributed by atoms with Gasteiger partial charge in [0.25, 0.3) is 0 Å². The van der Waals surface area contributed by atoms with Crippen molar-refractivity contribution in [1.82, 2.24) is 9.80 Å². The summed E-state index contributed by atoms with van der Waals surface area (Å²) in [6.07, 6.45) is 3.59. The number of hydrogen-bond acceptors (Lipinski definition) is 2. The molecule has 1 aliphatic heterocycles. The summed E-state index contributed by atoms with van der Waals surface area (Å²) in [6, 6.07) is 27.0. The van der Waals surface area contributed by atoms with Gasteiger partial charge >= 0.3 is 0 Å². The van der Waals surface area contributed by atoms with E-state index in [0.29, 0.717) is 13.1 Å². The zero-order chi connectivity index (χ0) is 21.6. The van der Waals surface area contributed by atoms with Crippen LogP contribution in [0.3, 0.4) is 0 Å². The van der Waals surface area contributed by atoms with E-state index in [4.69, 9.17) is 11.6 Å². The molecule has 1 aliphatic rings. The standard InChI is InChI=1S/C27H27ClN2O/c1-21-7-9-22(10-8-21)11-16-26(31)29-17-19-30(20-18-29)27(23-5-3-2-4-6-23)24-12-14-25(28)15-13-24/h2-16,27H,17-20H2,1H3/b16-11+. The van der Waals surface area contributed by atoms with Gasteiger partial charge in [-0.25, -0.2) is 0 Å². The molecule has 1 heterocycles. The number of aryl methyl sites for hydroxylation is 1. The number of carbonyl (C=O) groups is 1. The van der Waals surface area contributed by atoms with Crippen molar-refractivity contribution in [3.63, 3.8) is 0 Å². The van der Waals surface area contributed by atoms with Crippen LogP contribution in [0, 0.1) is 6.92 Å². The highest BCUT2D eigenvalue weighted by Gasteiger charge is 2.27. The van der Waals surface area contributed by atoms with Gasteiger partial charge < -0.3 is 4.90 Å². The Labute approximate surface area is 189 Å². The van der Waals surface area contributed by atoms with Gasteiger partial charge in [-0.2, -0.15) is 0 Å². The smallest absolute Gasteiger partial charge is 0.246 e. The molecule has 0 aromatic heterocycles. The summed E-state index contributed by atoms with van der Waals surface area (Å²) >= 11 is 6.12. The molecule has 1 saturated heterocycles. The largest absolute Gasteiger partial charge is 0.337 e. The maximum absolute atomic E-state index is 12.7. The highest BCUT2D eigenvalue weighted by Crippen LogP contribution is 2.30. The van der Waals surface area contributed by atoms with Crippen molar-refractivity contribution in [3.8, 4) is 0 Å². The van der Waals surface area contributed by atoms with Crippen LogP contribution in [0.25, 0.3) is 6.08 Å². The molecule has 4 rings (SSSR count). The summed E-state index contributed by atoms with van der Waals surface area (Å²) in [6.45, 7) is 5.14. The van der Waals surface area contributed by atoms with Gasteiger partial charge in [0.15, 0.2) is 0 Å². The monoisotopic (exact) mass is 430 g/mol. The van der Waals surface area contributed by atoms with Crippen LogP contribution in [-0.2, 0) is 4.79 Å². The van der Waals surface area contributed by atoms with Crippen molar-refractivity contribution < 1.29 is 4.79 Å². The number of carbonyl (C=O) groups excluding carboxylic acids is 1. The second-order valence-electron chi connectivity index (χ2n) is 7.97. The van der Waals surface area contributed by atoms with Crippen LogP contribution < -0.4 is 0 Å². The summed E-state index contributed by atoms with van der Waals surface area (Å²) in [5.41, 5.74) is 4.73. The van der Waals surface area contributed by atoms with Gasteiger partial charge in [-0.3, -0.25) is 9.69 Å². The molecule has 0 saturated carbocycles. The van der Waals surface area contributed by atoms with E-state index in [1.807, 2.05) is 41.3 Å². The second-order valence-corrected chi connectivity index (χ2v) is 8.41. The third kappa shape index (κ3) is 5.43. The Hall–Kier alpha value is -2.88. The summed E-state index contributed by atoms with van der Waals surface area (Å²) in [5, 5.41) is 0.742. The Balaban J connectivity index is 1.44. The Bertz CT molecular complexity index is 1020. The Morgan fingerprint density at radius 1 is 0.839 bits per heavy atom. The molecule has 0 N–H and O–H groups in total. The quantitative estimate of drug-likeness (QED) is 0.492. The van der Waals surface area contributed by atoms with Crippen LogP contribution >= 0.6 is 11.6 Å². The Kier molecular flexibility index (Phi) is 6.86. The first kappa shape index (κ1) is 21.4. The van der Waals surface area contributed by atoms with Crippen molar-refractivity contribution in [3.05, 3.63) is 112 Å². The first-order valence-electron chi connectivity index (χ1n) is 10.7. The predicted molar refractivity (Wildman–Crippen MR) is 128 cm³/mol. The normalized spacial score (nSPS) is 15.9.